The Bertz CT molecular complexity index is 607. The van der Waals surface area contributed by atoms with Crippen molar-refractivity contribution in [1.82, 2.24) is 10.6 Å². The van der Waals surface area contributed by atoms with Gasteiger partial charge in [-0.1, -0.05) is 0 Å². The van der Waals surface area contributed by atoms with Crippen LogP contribution in [0.5, 0.6) is 0 Å². The first kappa shape index (κ1) is 18.3. The molecule has 0 aliphatic carbocycles. The van der Waals surface area contributed by atoms with Gasteiger partial charge < -0.3 is 15.4 Å². The quantitative estimate of drug-likeness (QED) is 0.560. The zero-order valence-electron chi connectivity index (χ0n) is 12.5. The summed E-state index contributed by atoms with van der Waals surface area (Å²) in [5.41, 5.74) is -0.0854. The first-order chi connectivity index (χ1) is 10.3. The SMILES string of the molecule is COCCNCCNC(=O)c1ccc(F)c(NS(C)(=O)=O)c1. The minimum Gasteiger partial charge on any atom is -0.383 e. The van der Waals surface area contributed by atoms with Crippen LogP contribution in [0.25, 0.3) is 0 Å². The first-order valence-corrected chi connectivity index (χ1v) is 8.48. The lowest BCUT2D eigenvalue weighted by molar-refractivity contribution is 0.0953. The Labute approximate surface area is 129 Å². The molecular weight excluding hydrogens is 313 g/mol. The van der Waals surface area contributed by atoms with Gasteiger partial charge in [0, 0.05) is 32.3 Å². The van der Waals surface area contributed by atoms with Crippen LogP contribution in [0.15, 0.2) is 18.2 Å². The highest BCUT2D eigenvalue weighted by molar-refractivity contribution is 7.92. The van der Waals surface area contributed by atoms with E-state index in [0.29, 0.717) is 26.2 Å². The number of halogens is 1. The van der Waals surface area contributed by atoms with Crippen LogP contribution in [0, 0.1) is 5.82 Å². The van der Waals surface area contributed by atoms with Gasteiger partial charge in [0.15, 0.2) is 0 Å². The fraction of sp³-hybridized carbons (Fsp3) is 0.462. The lowest BCUT2D eigenvalue weighted by Gasteiger charge is -2.09. The van der Waals surface area contributed by atoms with Crippen molar-refractivity contribution >= 4 is 21.6 Å². The Hall–Kier alpha value is -1.71. The van der Waals surface area contributed by atoms with E-state index in [1.807, 2.05) is 4.72 Å². The third-order valence-corrected chi connectivity index (χ3v) is 3.18. The van der Waals surface area contributed by atoms with Crippen LogP contribution in [-0.4, -0.2) is 53.9 Å². The van der Waals surface area contributed by atoms with Crippen molar-refractivity contribution in [3.8, 4) is 0 Å². The van der Waals surface area contributed by atoms with Crippen LogP contribution in [0.3, 0.4) is 0 Å². The monoisotopic (exact) mass is 333 g/mol. The fourth-order valence-electron chi connectivity index (χ4n) is 1.61. The molecule has 1 aromatic rings. The Morgan fingerprint density at radius 3 is 2.64 bits per heavy atom. The summed E-state index contributed by atoms with van der Waals surface area (Å²) in [6, 6.07) is 3.49. The largest absolute Gasteiger partial charge is 0.383 e. The van der Waals surface area contributed by atoms with Crippen LogP contribution < -0.4 is 15.4 Å². The van der Waals surface area contributed by atoms with Gasteiger partial charge in [0.05, 0.1) is 18.6 Å². The molecule has 0 aromatic heterocycles. The number of ether oxygens (including phenoxy) is 1. The Kier molecular flexibility index (Phi) is 7.22. The topological polar surface area (TPSA) is 96.5 Å². The maximum absolute atomic E-state index is 13.5. The summed E-state index contributed by atoms with van der Waals surface area (Å²) in [6.45, 7) is 2.19. The van der Waals surface area contributed by atoms with Gasteiger partial charge in [-0.05, 0) is 18.2 Å². The molecule has 0 saturated heterocycles. The normalized spacial score (nSPS) is 11.2. The Morgan fingerprint density at radius 2 is 2.00 bits per heavy atom. The Balaban J connectivity index is 2.57. The average molecular weight is 333 g/mol. The summed E-state index contributed by atoms with van der Waals surface area (Å²) >= 11 is 0. The van der Waals surface area contributed by atoms with Gasteiger partial charge in [0.2, 0.25) is 10.0 Å². The predicted octanol–water partition coefficient (Wildman–Crippen LogP) is 0.163. The van der Waals surface area contributed by atoms with E-state index in [0.717, 1.165) is 18.4 Å². The maximum atomic E-state index is 13.5. The molecule has 22 heavy (non-hydrogen) atoms. The molecule has 0 heterocycles. The molecule has 0 unspecified atom stereocenters. The smallest absolute Gasteiger partial charge is 0.251 e. The molecule has 0 radical (unpaired) electrons. The van der Waals surface area contributed by atoms with Gasteiger partial charge in [-0.15, -0.1) is 0 Å². The van der Waals surface area contributed by atoms with Crippen molar-refractivity contribution in [2.45, 2.75) is 0 Å². The molecule has 0 aliphatic heterocycles. The molecule has 0 spiro atoms. The number of rotatable bonds is 9. The van der Waals surface area contributed by atoms with E-state index in [-0.39, 0.29) is 11.3 Å². The third-order valence-electron chi connectivity index (χ3n) is 2.59. The van der Waals surface area contributed by atoms with Gasteiger partial charge in [-0.2, -0.15) is 0 Å². The average Bonchev–Trinajstić information content (AvgIpc) is 2.43. The van der Waals surface area contributed by atoms with Crippen molar-refractivity contribution in [3.05, 3.63) is 29.6 Å². The Morgan fingerprint density at radius 1 is 1.27 bits per heavy atom. The zero-order valence-corrected chi connectivity index (χ0v) is 13.3. The summed E-state index contributed by atoms with van der Waals surface area (Å²) in [5, 5.41) is 5.70. The highest BCUT2D eigenvalue weighted by Gasteiger charge is 2.12. The van der Waals surface area contributed by atoms with Crippen LogP contribution in [-0.2, 0) is 14.8 Å². The molecule has 1 aromatic carbocycles. The van der Waals surface area contributed by atoms with E-state index in [1.165, 1.54) is 6.07 Å². The second kappa shape index (κ2) is 8.66. The molecule has 1 rings (SSSR count). The lowest BCUT2D eigenvalue weighted by atomic mass is 10.2. The molecule has 3 N–H and O–H groups in total. The van der Waals surface area contributed by atoms with Gasteiger partial charge in [-0.25, -0.2) is 12.8 Å². The molecule has 9 heteroatoms. The summed E-state index contributed by atoms with van der Waals surface area (Å²) in [7, 11) is -2.02. The number of hydrogen-bond donors (Lipinski definition) is 3. The highest BCUT2D eigenvalue weighted by Crippen LogP contribution is 2.17. The number of methoxy groups -OCH3 is 1. The zero-order chi connectivity index (χ0) is 16.6. The van der Waals surface area contributed by atoms with E-state index in [4.69, 9.17) is 4.74 Å². The molecule has 0 aliphatic rings. The van der Waals surface area contributed by atoms with Crippen molar-refractivity contribution in [2.24, 2.45) is 0 Å². The van der Waals surface area contributed by atoms with Crippen molar-refractivity contribution in [3.63, 3.8) is 0 Å². The van der Waals surface area contributed by atoms with Crippen LogP contribution >= 0.6 is 0 Å². The minimum absolute atomic E-state index is 0.171. The lowest BCUT2D eigenvalue weighted by Crippen LogP contribution is -2.33. The first-order valence-electron chi connectivity index (χ1n) is 6.58. The molecule has 7 nitrogen and oxygen atoms in total. The maximum Gasteiger partial charge on any atom is 0.251 e. The molecular formula is C13H20FN3O4S. The second-order valence-corrected chi connectivity index (χ2v) is 6.32. The summed E-state index contributed by atoms with van der Waals surface area (Å²) in [6.07, 6.45) is 0.908. The highest BCUT2D eigenvalue weighted by atomic mass is 32.2. The second-order valence-electron chi connectivity index (χ2n) is 4.57. The number of benzene rings is 1. The summed E-state index contributed by atoms with van der Waals surface area (Å²) < 4.78 is 42.7. The third kappa shape index (κ3) is 6.83. The minimum atomic E-state index is -3.62. The number of hydrogen-bond acceptors (Lipinski definition) is 5. The van der Waals surface area contributed by atoms with Crippen LogP contribution in [0.2, 0.25) is 0 Å². The number of sulfonamides is 1. The molecule has 0 atom stereocenters. The van der Waals surface area contributed by atoms with Gasteiger partial charge in [0.1, 0.15) is 5.82 Å². The number of amides is 1. The van der Waals surface area contributed by atoms with Gasteiger partial charge >= 0.3 is 0 Å². The van der Waals surface area contributed by atoms with E-state index in [9.17, 15) is 17.6 Å². The number of anilines is 1. The van der Waals surface area contributed by atoms with Crippen molar-refractivity contribution in [1.29, 1.82) is 0 Å². The number of carbonyl (C=O) groups excluding carboxylic acids is 1. The number of nitrogens with one attached hydrogen (secondary N) is 3. The van der Waals surface area contributed by atoms with Crippen molar-refractivity contribution in [2.75, 3.05) is 44.3 Å². The summed E-state index contributed by atoms with van der Waals surface area (Å²) in [5.74, 6) is -1.16. The number of carbonyl (C=O) groups is 1. The molecule has 1 amide bonds. The predicted molar refractivity (Wildman–Crippen MR) is 81.9 cm³/mol. The molecule has 0 saturated carbocycles. The van der Waals surface area contributed by atoms with Crippen molar-refractivity contribution < 1.29 is 22.3 Å². The van der Waals surface area contributed by atoms with Gasteiger partial charge in [-0.3, -0.25) is 9.52 Å². The molecule has 0 fully saturated rings. The van der Waals surface area contributed by atoms with E-state index < -0.39 is 21.7 Å². The van der Waals surface area contributed by atoms with E-state index >= 15 is 0 Å². The van der Waals surface area contributed by atoms with Crippen LogP contribution in [0.1, 0.15) is 10.4 Å². The fourth-order valence-corrected chi connectivity index (χ4v) is 2.17. The molecule has 0 bridgehead atoms. The standard InChI is InChI=1S/C13H20FN3O4S/c1-21-8-7-15-5-6-16-13(18)10-3-4-11(14)12(9-10)17-22(2,19)20/h3-4,9,15,17H,5-8H2,1-2H3,(H,16,18). The summed E-state index contributed by atoms with van der Waals surface area (Å²) in [4.78, 5) is 11.9. The van der Waals surface area contributed by atoms with E-state index in [2.05, 4.69) is 10.6 Å². The van der Waals surface area contributed by atoms with Gasteiger partial charge in [0.25, 0.3) is 5.91 Å². The van der Waals surface area contributed by atoms with E-state index in [1.54, 1.807) is 7.11 Å². The molecule has 124 valence electrons. The van der Waals surface area contributed by atoms with Crippen LogP contribution in [0.4, 0.5) is 10.1 Å².